The van der Waals surface area contributed by atoms with E-state index in [1.165, 1.54) is 49.9 Å². The van der Waals surface area contributed by atoms with Crippen LogP contribution in [0.3, 0.4) is 0 Å². The lowest BCUT2D eigenvalue weighted by atomic mass is 10.00. The lowest BCUT2D eigenvalue weighted by Gasteiger charge is -2.23. The summed E-state index contributed by atoms with van der Waals surface area (Å²) in [6.07, 6.45) is 10.6. The van der Waals surface area contributed by atoms with Crippen LogP contribution >= 0.6 is 0 Å². The Hall–Kier alpha value is -4.18. The Kier molecular flexibility index (Phi) is 11.8. The van der Waals surface area contributed by atoms with Crippen molar-refractivity contribution in [1.82, 2.24) is 5.32 Å². The fraction of sp³-hybridized carbons (Fsp3) is 0.333. The second-order valence-corrected chi connectivity index (χ2v) is 8.18. The van der Waals surface area contributed by atoms with E-state index < -0.39 is 42.1 Å². The SMILES string of the molecule is CO/N=C/C=C\C(=O)N/C=C/C(C)C1CC(=O)OC(C)/C=C/C(O)/C=C\Cc2cccc(O)c2C(=O)O1. The number of aliphatic hydroxyl groups is 1. The Morgan fingerprint density at radius 2 is 2.03 bits per heavy atom. The van der Waals surface area contributed by atoms with E-state index >= 15 is 0 Å². The van der Waals surface area contributed by atoms with E-state index in [2.05, 4.69) is 15.3 Å². The Labute approximate surface area is 215 Å². The number of cyclic esters (lactones) is 2. The number of rotatable bonds is 6. The number of oxime groups is 1. The Morgan fingerprint density at radius 3 is 2.78 bits per heavy atom. The number of hydrogen-bond acceptors (Lipinski definition) is 9. The maximum absolute atomic E-state index is 13.1. The van der Waals surface area contributed by atoms with Crippen LogP contribution in [0.5, 0.6) is 5.75 Å². The molecule has 2 rings (SSSR count). The highest BCUT2D eigenvalue weighted by atomic mass is 16.6. The van der Waals surface area contributed by atoms with Crippen LogP contribution in [-0.2, 0) is 30.3 Å². The van der Waals surface area contributed by atoms with E-state index in [1.807, 2.05) is 0 Å². The summed E-state index contributed by atoms with van der Waals surface area (Å²) in [4.78, 5) is 42.1. The van der Waals surface area contributed by atoms with Gasteiger partial charge in [0.2, 0.25) is 5.91 Å². The summed E-state index contributed by atoms with van der Waals surface area (Å²) in [5.41, 5.74) is 0.451. The first kappa shape index (κ1) is 29.1. The molecule has 1 aliphatic heterocycles. The van der Waals surface area contributed by atoms with Crippen molar-refractivity contribution in [2.45, 2.75) is 45.0 Å². The summed E-state index contributed by atoms with van der Waals surface area (Å²) >= 11 is 0. The van der Waals surface area contributed by atoms with Crippen molar-refractivity contribution >= 4 is 24.1 Å². The monoisotopic (exact) mass is 512 g/mol. The van der Waals surface area contributed by atoms with Gasteiger partial charge in [-0.2, -0.15) is 0 Å². The zero-order chi connectivity index (χ0) is 27.2. The number of nitrogens with one attached hydrogen (secondary N) is 1. The van der Waals surface area contributed by atoms with Gasteiger partial charge in [-0.15, -0.1) is 0 Å². The van der Waals surface area contributed by atoms with Crippen LogP contribution in [0.1, 0.15) is 36.2 Å². The van der Waals surface area contributed by atoms with Crippen molar-refractivity contribution < 1.29 is 38.9 Å². The zero-order valence-electron chi connectivity index (χ0n) is 20.9. The molecule has 10 heteroatoms. The minimum Gasteiger partial charge on any atom is -0.507 e. The number of phenols is 1. The van der Waals surface area contributed by atoms with E-state index in [1.54, 1.807) is 44.2 Å². The molecule has 1 aromatic rings. The number of ether oxygens (including phenoxy) is 2. The standard InChI is InChI=1S/C27H32N2O8/c1-18(14-16-28-24(32)11-6-15-29-35-3)23-17-25(33)36-19(2)12-13-21(30)9-4-7-20-8-5-10-22(31)26(20)27(34)37-23/h4-6,8-16,18-19,21,23,30-31H,7,17H2,1-3H3,(H,28,32)/b9-4-,11-6-,13-12+,16-14+,29-15+. The van der Waals surface area contributed by atoms with Crippen LogP contribution in [0, 0.1) is 5.92 Å². The van der Waals surface area contributed by atoms with E-state index in [-0.39, 0.29) is 24.2 Å². The Bertz CT molecular complexity index is 1090. The number of phenolic OH excluding ortho intramolecular Hbond substituents is 1. The van der Waals surface area contributed by atoms with Crippen LogP contribution in [-0.4, -0.2) is 59.7 Å². The normalized spacial score (nSPS) is 23.9. The molecule has 0 saturated heterocycles. The van der Waals surface area contributed by atoms with Gasteiger partial charge < -0.3 is 29.8 Å². The molecule has 37 heavy (non-hydrogen) atoms. The molecule has 0 saturated carbocycles. The molecule has 0 spiro atoms. The van der Waals surface area contributed by atoms with E-state index in [4.69, 9.17) is 9.47 Å². The number of benzene rings is 1. The smallest absolute Gasteiger partial charge is 0.342 e. The largest absolute Gasteiger partial charge is 0.507 e. The van der Waals surface area contributed by atoms with E-state index in [0.717, 1.165) is 0 Å². The number of nitrogens with zero attached hydrogens (tertiary/aromatic N) is 1. The van der Waals surface area contributed by atoms with E-state index in [9.17, 15) is 24.6 Å². The maximum atomic E-state index is 13.1. The summed E-state index contributed by atoms with van der Waals surface area (Å²) in [5.74, 6) is -2.66. The topological polar surface area (TPSA) is 144 Å². The maximum Gasteiger partial charge on any atom is 0.342 e. The molecular formula is C27H32N2O8. The van der Waals surface area contributed by atoms with Crippen molar-refractivity contribution in [2.24, 2.45) is 11.1 Å². The van der Waals surface area contributed by atoms with Crippen molar-refractivity contribution in [2.75, 3.05) is 7.11 Å². The third-order valence-corrected chi connectivity index (χ3v) is 5.24. The lowest BCUT2D eigenvalue weighted by molar-refractivity contribution is -0.149. The van der Waals surface area contributed by atoms with Crippen LogP contribution in [0.2, 0.25) is 0 Å². The highest BCUT2D eigenvalue weighted by Gasteiger charge is 2.27. The van der Waals surface area contributed by atoms with Gasteiger partial charge in [-0.1, -0.05) is 48.5 Å². The predicted molar refractivity (Wildman–Crippen MR) is 137 cm³/mol. The Balaban J connectivity index is 2.28. The fourth-order valence-corrected chi connectivity index (χ4v) is 3.33. The molecular weight excluding hydrogens is 480 g/mol. The van der Waals surface area contributed by atoms with Gasteiger partial charge >= 0.3 is 11.9 Å². The molecule has 0 aromatic heterocycles. The zero-order valence-corrected chi connectivity index (χ0v) is 20.9. The Morgan fingerprint density at radius 1 is 1.24 bits per heavy atom. The molecule has 1 aliphatic rings. The third kappa shape index (κ3) is 10.1. The van der Waals surface area contributed by atoms with Gasteiger partial charge in [-0.25, -0.2) is 4.79 Å². The van der Waals surface area contributed by atoms with Gasteiger partial charge in [0.25, 0.3) is 0 Å². The molecule has 198 valence electrons. The molecule has 0 fully saturated rings. The fourth-order valence-electron chi connectivity index (χ4n) is 3.33. The third-order valence-electron chi connectivity index (χ3n) is 5.24. The molecule has 10 nitrogen and oxygen atoms in total. The number of esters is 2. The minimum atomic E-state index is -0.965. The van der Waals surface area contributed by atoms with Crippen LogP contribution in [0.4, 0.5) is 0 Å². The first-order valence-corrected chi connectivity index (χ1v) is 11.7. The number of fused-ring (bicyclic) bond motifs is 1. The van der Waals surface area contributed by atoms with Crippen molar-refractivity contribution in [3.63, 3.8) is 0 Å². The molecule has 0 aliphatic carbocycles. The van der Waals surface area contributed by atoms with Crippen molar-refractivity contribution in [3.05, 3.63) is 78.1 Å². The quantitative estimate of drug-likeness (QED) is 0.174. The number of carbonyl (C=O) groups is 3. The predicted octanol–water partition coefficient (Wildman–Crippen LogP) is 2.72. The number of hydrogen-bond donors (Lipinski definition) is 3. The van der Waals surface area contributed by atoms with Crippen molar-refractivity contribution in [1.29, 1.82) is 0 Å². The minimum absolute atomic E-state index is 0.0360. The summed E-state index contributed by atoms with van der Waals surface area (Å²) in [5, 5.41) is 26.5. The van der Waals surface area contributed by atoms with Gasteiger partial charge in [0, 0.05) is 18.2 Å². The molecule has 3 N–H and O–H groups in total. The van der Waals surface area contributed by atoms with E-state index in [0.29, 0.717) is 5.56 Å². The summed E-state index contributed by atoms with van der Waals surface area (Å²) in [6, 6.07) is 4.63. The molecule has 0 radical (unpaired) electrons. The highest BCUT2D eigenvalue weighted by Crippen LogP contribution is 2.26. The number of allylic oxidation sites excluding steroid dienone is 2. The second-order valence-electron chi connectivity index (χ2n) is 8.18. The van der Waals surface area contributed by atoms with Crippen LogP contribution < -0.4 is 5.32 Å². The first-order chi connectivity index (χ1) is 17.7. The summed E-state index contributed by atoms with van der Waals surface area (Å²) < 4.78 is 11.0. The number of aliphatic hydroxyl groups excluding tert-OH is 1. The number of carbonyl (C=O) groups excluding carboxylic acids is 3. The molecule has 4 unspecified atom stereocenters. The van der Waals surface area contributed by atoms with Crippen LogP contribution in [0.15, 0.2) is 72.1 Å². The molecule has 1 heterocycles. The number of aromatic hydroxyl groups is 1. The molecule has 4 atom stereocenters. The van der Waals surface area contributed by atoms with Gasteiger partial charge in [0.05, 0.1) is 18.7 Å². The van der Waals surface area contributed by atoms with Gasteiger partial charge in [0.15, 0.2) is 0 Å². The van der Waals surface area contributed by atoms with Crippen LogP contribution in [0.25, 0.3) is 0 Å². The van der Waals surface area contributed by atoms with Gasteiger partial charge in [0.1, 0.15) is 30.6 Å². The lowest BCUT2D eigenvalue weighted by Crippen LogP contribution is -2.29. The average molecular weight is 513 g/mol. The van der Waals surface area contributed by atoms with Gasteiger partial charge in [-0.3, -0.25) is 9.59 Å². The summed E-state index contributed by atoms with van der Waals surface area (Å²) in [7, 11) is 1.38. The first-order valence-electron chi connectivity index (χ1n) is 11.7. The molecule has 0 bridgehead atoms. The summed E-state index contributed by atoms with van der Waals surface area (Å²) in [6.45, 7) is 3.35. The van der Waals surface area contributed by atoms with Crippen molar-refractivity contribution in [3.8, 4) is 5.75 Å². The average Bonchev–Trinajstić information content (AvgIpc) is 2.84. The molecule has 1 amide bonds. The molecule has 1 aromatic carbocycles. The second kappa shape index (κ2) is 15.0. The number of amides is 1. The van der Waals surface area contributed by atoms with Gasteiger partial charge in [-0.05, 0) is 37.1 Å². The highest BCUT2D eigenvalue weighted by molar-refractivity contribution is 5.94.